The molecule has 0 unspecified atom stereocenters. The number of hydrogen-bond acceptors (Lipinski definition) is 3. The van der Waals surface area contributed by atoms with Gasteiger partial charge in [0, 0.05) is 18.3 Å². The number of aromatic nitrogens is 1. The van der Waals surface area contributed by atoms with E-state index in [1.165, 1.54) is 0 Å². The molecule has 0 bridgehead atoms. The molecule has 0 saturated heterocycles. The molecule has 2 aromatic rings. The monoisotopic (exact) mass is 277 g/mol. The largest absolute Gasteiger partial charge is 0.306 e. The highest BCUT2D eigenvalue weighted by Gasteiger charge is 2.46. The van der Waals surface area contributed by atoms with E-state index < -0.39 is 0 Å². The Morgan fingerprint density at radius 3 is 2.52 bits per heavy atom. The van der Waals surface area contributed by atoms with E-state index in [4.69, 9.17) is 0 Å². The summed E-state index contributed by atoms with van der Waals surface area (Å²) in [5.74, 6) is 0. The van der Waals surface area contributed by atoms with Crippen molar-refractivity contribution in [3.05, 3.63) is 66.0 Å². The summed E-state index contributed by atoms with van der Waals surface area (Å²) < 4.78 is 0. The zero-order chi connectivity index (χ0) is 14.7. The third-order valence-corrected chi connectivity index (χ3v) is 4.35. The third-order valence-electron chi connectivity index (χ3n) is 4.35. The van der Waals surface area contributed by atoms with Gasteiger partial charge in [0.05, 0.1) is 17.2 Å². The van der Waals surface area contributed by atoms with Crippen LogP contribution in [0.25, 0.3) is 0 Å². The van der Waals surface area contributed by atoms with Crippen LogP contribution in [0.4, 0.5) is 0 Å². The third kappa shape index (κ3) is 2.68. The van der Waals surface area contributed by atoms with Crippen LogP contribution >= 0.6 is 0 Å². The Bertz CT molecular complexity index is 625. The molecule has 3 nitrogen and oxygen atoms in total. The van der Waals surface area contributed by atoms with Gasteiger partial charge in [0.15, 0.2) is 0 Å². The maximum absolute atomic E-state index is 9.57. The molecule has 3 rings (SSSR count). The molecule has 1 aliphatic rings. The Morgan fingerprint density at radius 1 is 1.19 bits per heavy atom. The van der Waals surface area contributed by atoms with Gasteiger partial charge >= 0.3 is 0 Å². The van der Waals surface area contributed by atoms with Crippen molar-refractivity contribution in [3.8, 4) is 6.07 Å². The van der Waals surface area contributed by atoms with Gasteiger partial charge in [-0.2, -0.15) is 5.26 Å². The second kappa shape index (κ2) is 5.67. The molecule has 0 radical (unpaired) electrons. The molecule has 0 amide bonds. The van der Waals surface area contributed by atoms with E-state index in [2.05, 4.69) is 35.4 Å². The van der Waals surface area contributed by atoms with Crippen molar-refractivity contribution in [2.45, 2.75) is 37.3 Å². The number of rotatable bonds is 4. The molecule has 1 aromatic heterocycles. The van der Waals surface area contributed by atoms with Crippen LogP contribution in [0.3, 0.4) is 0 Å². The van der Waals surface area contributed by atoms with Crippen molar-refractivity contribution in [1.29, 1.82) is 5.26 Å². The highest BCUT2D eigenvalue weighted by atomic mass is 15.0. The molecule has 1 aromatic carbocycles. The SMILES string of the molecule is C[C@H](NC1CC(C#N)(c2ccccc2)C1)c1ccccn1. The molecule has 1 N–H and O–H groups in total. The summed E-state index contributed by atoms with van der Waals surface area (Å²) in [4.78, 5) is 4.38. The molecule has 1 atom stereocenters. The molecule has 1 saturated carbocycles. The van der Waals surface area contributed by atoms with Crippen molar-refractivity contribution in [3.63, 3.8) is 0 Å². The summed E-state index contributed by atoms with van der Waals surface area (Å²) in [5, 5.41) is 13.1. The number of benzene rings is 1. The number of pyridine rings is 1. The van der Waals surface area contributed by atoms with E-state index in [-0.39, 0.29) is 11.5 Å². The summed E-state index contributed by atoms with van der Waals surface area (Å²) in [6.45, 7) is 2.12. The van der Waals surface area contributed by atoms with E-state index in [9.17, 15) is 5.26 Å². The van der Waals surface area contributed by atoms with Crippen LogP contribution in [-0.2, 0) is 5.41 Å². The lowest BCUT2D eigenvalue weighted by Crippen LogP contribution is -2.51. The Balaban J connectivity index is 1.64. The van der Waals surface area contributed by atoms with Crippen LogP contribution < -0.4 is 5.32 Å². The molecule has 1 fully saturated rings. The second-order valence-electron chi connectivity index (χ2n) is 5.81. The maximum atomic E-state index is 9.57. The number of nitriles is 1. The topological polar surface area (TPSA) is 48.7 Å². The van der Waals surface area contributed by atoms with Gasteiger partial charge in [-0.05, 0) is 37.5 Å². The van der Waals surface area contributed by atoms with Gasteiger partial charge in [-0.25, -0.2) is 0 Å². The highest BCUT2D eigenvalue weighted by Crippen LogP contribution is 2.43. The van der Waals surface area contributed by atoms with Crippen LogP contribution in [0.1, 0.15) is 37.1 Å². The van der Waals surface area contributed by atoms with Crippen molar-refractivity contribution in [2.24, 2.45) is 0 Å². The molecule has 21 heavy (non-hydrogen) atoms. The van der Waals surface area contributed by atoms with E-state index in [0.29, 0.717) is 6.04 Å². The second-order valence-corrected chi connectivity index (χ2v) is 5.81. The van der Waals surface area contributed by atoms with E-state index in [0.717, 1.165) is 24.1 Å². The average Bonchev–Trinajstić information content (AvgIpc) is 2.52. The number of nitrogens with zero attached hydrogens (tertiary/aromatic N) is 2. The molecule has 0 spiro atoms. The summed E-state index contributed by atoms with van der Waals surface area (Å²) >= 11 is 0. The van der Waals surface area contributed by atoms with Crippen LogP contribution in [0.15, 0.2) is 54.7 Å². The van der Waals surface area contributed by atoms with Crippen LogP contribution in [0.5, 0.6) is 0 Å². The first kappa shape index (κ1) is 13.8. The lowest BCUT2D eigenvalue weighted by atomic mass is 9.62. The fourth-order valence-electron chi connectivity index (χ4n) is 3.12. The highest BCUT2D eigenvalue weighted by molar-refractivity contribution is 5.37. The van der Waals surface area contributed by atoms with Crippen molar-refractivity contribution in [1.82, 2.24) is 10.3 Å². The first-order valence-electron chi connectivity index (χ1n) is 7.37. The summed E-state index contributed by atoms with van der Waals surface area (Å²) in [6, 6.07) is 19.2. The van der Waals surface area contributed by atoms with Gasteiger partial charge in [-0.15, -0.1) is 0 Å². The van der Waals surface area contributed by atoms with Gasteiger partial charge in [-0.3, -0.25) is 4.98 Å². The minimum absolute atomic E-state index is 0.212. The maximum Gasteiger partial charge on any atom is 0.0852 e. The lowest BCUT2D eigenvalue weighted by Gasteiger charge is -2.44. The number of hydrogen-bond donors (Lipinski definition) is 1. The van der Waals surface area contributed by atoms with Crippen LogP contribution in [-0.4, -0.2) is 11.0 Å². The quantitative estimate of drug-likeness (QED) is 0.932. The van der Waals surface area contributed by atoms with E-state index in [1.807, 2.05) is 42.6 Å². The van der Waals surface area contributed by atoms with Gasteiger partial charge < -0.3 is 5.32 Å². The van der Waals surface area contributed by atoms with Crippen LogP contribution in [0.2, 0.25) is 0 Å². The zero-order valence-electron chi connectivity index (χ0n) is 12.2. The fraction of sp³-hybridized carbons (Fsp3) is 0.333. The molecule has 3 heteroatoms. The number of nitrogens with one attached hydrogen (secondary N) is 1. The molecular formula is C18H19N3. The smallest absolute Gasteiger partial charge is 0.0852 e. The van der Waals surface area contributed by atoms with Gasteiger partial charge in [0.1, 0.15) is 0 Å². The Labute approximate surface area is 125 Å². The Kier molecular flexibility index (Phi) is 3.72. The van der Waals surface area contributed by atoms with E-state index in [1.54, 1.807) is 0 Å². The minimum atomic E-state index is -0.317. The average molecular weight is 277 g/mol. The first-order valence-corrected chi connectivity index (χ1v) is 7.37. The first-order chi connectivity index (χ1) is 10.2. The van der Waals surface area contributed by atoms with E-state index >= 15 is 0 Å². The summed E-state index contributed by atoms with van der Waals surface area (Å²) in [7, 11) is 0. The summed E-state index contributed by atoms with van der Waals surface area (Å²) in [5.41, 5.74) is 1.87. The predicted molar refractivity (Wildman–Crippen MR) is 82.5 cm³/mol. The zero-order valence-corrected chi connectivity index (χ0v) is 12.2. The minimum Gasteiger partial charge on any atom is -0.306 e. The molecule has 1 heterocycles. The Morgan fingerprint density at radius 2 is 1.90 bits per heavy atom. The van der Waals surface area contributed by atoms with Crippen molar-refractivity contribution < 1.29 is 0 Å². The van der Waals surface area contributed by atoms with Gasteiger partial charge in [0.25, 0.3) is 0 Å². The summed E-state index contributed by atoms with van der Waals surface area (Å²) in [6.07, 6.45) is 3.55. The van der Waals surface area contributed by atoms with Gasteiger partial charge in [-0.1, -0.05) is 36.4 Å². The molecular weight excluding hydrogens is 258 g/mol. The Hall–Kier alpha value is -2.18. The van der Waals surface area contributed by atoms with Crippen molar-refractivity contribution in [2.75, 3.05) is 0 Å². The van der Waals surface area contributed by atoms with Crippen LogP contribution in [0, 0.1) is 11.3 Å². The molecule has 0 aliphatic heterocycles. The van der Waals surface area contributed by atoms with Crippen molar-refractivity contribution >= 4 is 0 Å². The molecule has 106 valence electrons. The fourth-order valence-corrected chi connectivity index (χ4v) is 3.12. The standard InChI is InChI=1S/C18H19N3/c1-14(17-9-5-6-10-20-17)21-16-11-18(12-16,13-19)15-7-3-2-4-8-15/h2-10,14,16,21H,11-12H2,1H3/t14-,16?,18?/m0/s1. The molecule has 1 aliphatic carbocycles. The lowest BCUT2D eigenvalue weighted by molar-refractivity contribution is 0.212. The van der Waals surface area contributed by atoms with Gasteiger partial charge in [0.2, 0.25) is 0 Å². The normalized spacial score (nSPS) is 25.6. The predicted octanol–water partition coefficient (Wildman–Crippen LogP) is 3.36.